The quantitative estimate of drug-likeness (QED) is 0.615. The maximum absolute atomic E-state index is 10.3. The molecule has 0 aromatic carbocycles. The summed E-state index contributed by atoms with van der Waals surface area (Å²) in [6, 6.07) is 0. The van der Waals surface area contributed by atoms with Crippen LogP contribution < -0.4 is 0 Å². The zero-order valence-electron chi connectivity index (χ0n) is 8.96. The molecule has 0 bridgehead atoms. The first-order chi connectivity index (χ1) is 6.22. The second kappa shape index (κ2) is 13.9. The van der Waals surface area contributed by atoms with Gasteiger partial charge in [0, 0.05) is 20.3 Å². The van der Waals surface area contributed by atoms with Crippen molar-refractivity contribution in [2.45, 2.75) is 20.8 Å². The molecule has 0 spiro atoms. The van der Waals surface area contributed by atoms with Crippen molar-refractivity contribution in [1.29, 1.82) is 0 Å². The third-order valence-electron chi connectivity index (χ3n) is 0.976. The lowest BCUT2D eigenvalue weighted by molar-refractivity contribution is -0.147. The summed E-state index contributed by atoms with van der Waals surface area (Å²) < 4.78 is 13.8. The van der Waals surface area contributed by atoms with E-state index in [0.29, 0.717) is 6.61 Å². The summed E-state index contributed by atoms with van der Waals surface area (Å²) in [6.45, 7) is 7.89. The van der Waals surface area contributed by atoms with Crippen LogP contribution in [-0.4, -0.2) is 39.5 Å². The predicted octanol–water partition coefficient (Wildman–Crippen LogP) is 1.24. The Morgan fingerprint density at radius 1 is 1.08 bits per heavy atom. The van der Waals surface area contributed by atoms with Crippen molar-refractivity contribution in [2.75, 3.05) is 33.5 Å². The average molecular weight is 192 g/mol. The molecule has 0 rings (SSSR count). The lowest BCUT2D eigenvalue weighted by Crippen LogP contribution is -2.10. The van der Waals surface area contributed by atoms with Gasteiger partial charge in [0.1, 0.15) is 6.61 Å². The van der Waals surface area contributed by atoms with Crippen molar-refractivity contribution in [1.82, 2.24) is 0 Å². The SMILES string of the molecule is CCOC(=O)COC.CCOCC. The van der Waals surface area contributed by atoms with Gasteiger partial charge in [0.05, 0.1) is 6.61 Å². The molecular weight excluding hydrogens is 172 g/mol. The van der Waals surface area contributed by atoms with E-state index >= 15 is 0 Å². The number of esters is 1. The standard InChI is InChI=1S/C5H10O3.C4H10O/c1-3-8-5(6)4-7-2;1-3-5-4-2/h3-4H2,1-2H3;3-4H2,1-2H3. The van der Waals surface area contributed by atoms with E-state index in [1.807, 2.05) is 13.8 Å². The van der Waals surface area contributed by atoms with Gasteiger partial charge >= 0.3 is 5.97 Å². The molecule has 0 radical (unpaired) electrons. The largest absolute Gasteiger partial charge is 0.464 e. The molecule has 0 aliphatic carbocycles. The van der Waals surface area contributed by atoms with Crippen molar-refractivity contribution in [3.63, 3.8) is 0 Å². The first-order valence-electron chi connectivity index (χ1n) is 4.45. The van der Waals surface area contributed by atoms with Gasteiger partial charge in [-0.2, -0.15) is 0 Å². The topological polar surface area (TPSA) is 44.8 Å². The first kappa shape index (κ1) is 14.9. The Labute approximate surface area is 80.2 Å². The molecule has 4 nitrogen and oxygen atoms in total. The lowest BCUT2D eigenvalue weighted by atomic mass is 10.7. The summed E-state index contributed by atoms with van der Waals surface area (Å²) in [7, 11) is 1.46. The minimum Gasteiger partial charge on any atom is -0.464 e. The van der Waals surface area contributed by atoms with Gasteiger partial charge in [-0.1, -0.05) is 0 Å². The van der Waals surface area contributed by atoms with Gasteiger partial charge in [0.2, 0.25) is 0 Å². The summed E-state index contributed by atoms with van der Waals surface area (Å²) in [6.07, 6.45) is 0. The average Bonchev–Trinajstić information content (AvgIpc) is 2.08. The van der Waals surface area contributed by atoms with Crippen LogP contribution in [0.25, 0.3) is 0 Å². The molecule has 4 heteroatoms. The van der Waals surface area contributed by atoms with Crippen LogP contribution in [0.15, 0.2) is 0 Å². The molecule has 0 heterocycles. The molecule has 0 aliphatic rings. The number of rotatable bonds is 5. The Morgan fingerprint density at radius 2 is 1.62 bits per heavy atom. The van der Waals surface area contributed by atoms with Gasteiger partial charge in [-0.3, -0.25) is 0 Å². The highest BCUT2D eigenvalue weighted by Gasteiger charge is 1.96. The van der Waals surface area contributed by atoms with Gasteiger partial charge in [0.15, 0.2) is 0 Å². The van der Waals surface area contributed by atoms with Crippen LogP contribution in [0.5, 0.6) is 0 Å². The smallest absolute Gasteiger partial charge is 0.332 e. The fourth-order valence-electron chi connectivity index (χ4n) is 0.525. The summed E-state index contributed by atoms with van der Waals surface area (Å²) in [5, 5.41) is 0. The summed E-state index contributed by atoms with van der Waals surface area (Å²) in [5.74, 6) is -0.310. The predicted molar refractivity (Wildman–Crippen MR) is 50.7 cm³/mol. The van der Waals surface area contributed by atoms with E-state index in [0.717, 1.165) is 13.2 Å². The molecule has 0 aliphatic heterocycles. The minimum absolute atomic E-state index is 0.0494. The van der Waals surface area contributed by atoms with E-state index in [-0.39, 0.29) is 12.6 Å². The molecule has 0 aromatic heterocycles. The maximum Gasteiger partial charge on any atom is 0.332 e. The van der Waals surface area contributed by atoms with Crippen LogP contribution in [0.2, 0.25) is 0 Å². The molecule has 0 fully saturated rings. The first-order valence-corrected chi connectivity index (χ1v) is 4.45. The highest BCUT2D eigenvalue weighted by Crippen LogP contribution is 1.76. The molecule has 0 saturated carbocycles. The highest BCUT2D eigenvalue weighted by molar-refractivity contribution is 5.70. The molecule has 0 aromatic rings. The molecule has 0 amide bonds. The van der Waals surface area contributed by atoms with E-state index in [1.54, 1.807) is 6.92 Å². The highest BCUT2D eigenvalue weighted by atomic mass is 16.6. The zero-order chi connectivity index (χ0) is 10.5. The van der Waals surface area contributed by atoms with E-state index in [4.69, 9.17) is 4.74 Å². The molecule has 0 N–H and O–H groups in total. The summed E-state index contributed by atoms with van der Waals surface area (Å²) in [4.78, 5) is 10.3. The molecule has 0 unspecified atom stereocenters. The Morgan fingerprint density at radius 3 is 1.85 bits per heavy atom. The van der Waals surface area contributed by atoms with E-state index in [9.17, 15) is 4.79 Å². The van der Waals surface area contributed by atoms with Crippen LogP contribution >= 0.6 is 0 Å². The van der Waals surface area contributed by atoms with Crippen molar-refractivity contribution in [2.24, 2.45) is 0 Å². The van der Waals surface area contributed by atoms with E-state index in [2.05, 4.69) is 9.47 Å². The van der Waals surface area contributed by atoms with Gasteiger partial charge in [-0.15, -0.1) is 0 Å². The Balaban J connectivity index is 0. The van der Waals surface area contributed by atoms with Crippen LogP contribution in [0.1, 0.15) is 20.8 Å². The number of carbonyl (C=O) groups is 1. The second-order valence-corrected chi connectivity index (χ2v) is 2.02. The van der Waals surface area contributed by atoms with Gasteiger partial charge < -0.3 is 14.2 Å². The lowest BCUT2D eigenvalue weighted by Gasteiger charge is -1.97. The van der Waals surface area contributed by atoms with E-state index in [1.165, 1.54) is 7.11 Å². The Bertz CT molecular complexity index is 93.8. The molecule has 0 atom stereocenters. The molecule has 80 valence electrons. The van der Waals surface area contributed by atoms with Crippen molar-refractivity contribution in [3.05, 3.63) is 0 Å². The van der Waals surface area contributed by atoms with Gasteiger partial charge in [-0.25, -0.2) is 4.79 Å². The third kappa shape index (κ3) is 18.4. The summed E-state index contributed by atoms with van der Waals surface area (Å²) >= 11 is 0. The van der Waals surface area contributed by atoms with Gasteiger partial charge in [-0.05, 0) is 20.8 Å². The second-order valence-electron chi connectivity index (χ2n) is 2.02. The number of methoxy groups -OCH3 is 1. The number of carbonyl (C=O) groups excluding carboxylic acids is 1. The van der Waals surface area contributed by atoms with Crippen molar-refractivity contribution < 1.29 is 19.0 Å². The number of ether oxygens (including phenoxy) is 3. The van der Waals surface area contributed by atoms with Crippen LogP contribution in [-0.2, 0) is 19.0 Å². The fourth-order valence-corrected chi connectivity index (χ4v) is 0.525. The third-order valence-corrected chi connectivity index (χ3v) is 0.976. The van der Waals surface area contributed by atoms with E-state index < -0.39 is 0 Å². The summed E-state index contributed by atoms with van der Waals surface area (Å²) in [5.41, 5.74) is 0. The number of hydrogen-bond acceptors (Lipinski definition) is 4. The molecule has 0 saturated heterocycles. The fraction of sp³-hybridized carbons (Fsp3) is 0.889. The van der Waals surface area contributed by atoms with Gasteiger partial charge in [0.25, 0.3) is 0 Å². The minimum atomic E-state index is -0.310. The van der Waals surface area contributed by atoms with Crippen molar-refractivity contribution in [3.8, 4) is 0 Å². The molecule has 13 heavy (non-hydrogen) atoms. The Kier molecular flexibility index (Phi) is 16.0. The maximum atomic E-state index is 10.3. The van der Waals surface area contributed by atoms with Crippen molar-refractivity contribution >= 4 is 5.97 Å². The normalized spacial score (nSPS) is 8.62. The molecular formula is C9H20O4. The van der Waals surface area contributed by atoms with Crippen LogP contribution in [0.3, 0.4) is 0 Å². The Hall–Kier alpha value is -0.610. The zero-order valence-corrected chi connectivity index (χ0v) is 8.96. The van der Waals surface area contributed by atoms with Crippen LogP contribution in [0.4, 0.5) is 0 Å². The monoisotopic (exact) mass is 192 g/mol. The van der Waals surface area contributed by atoms with Crippen LogP contribution in [0, 0.1) is 0 Å². The number of hydrogen-bond donors (Lipinski definition) is 0.